The first-order valence-corrected chi connectivity index (χ1v) is 12.1. The third-order valence-electron chi connectivity index (χ3n) is 6.50. The minimum atomic E-state index is 0.121. The first kappa shape index (κ1) is 24.0. The van der Waals surface area contributed by atoms with E-state index in [1.807, 2.05) is 25.2 Å². The van der Waals surface area contributed by atoms with Gasteiger partial charge in [-0.15, -0.1) is 0 Å². The average Bonchev–Trinajstić information content (AvgIpc) is 2.84. The second kappa shape index (κ2) is 13.0. The summed E-state index contributed by atoms with van der Waals surface area (Å²) in [5, 5.41) is 3.11. The van der Waals surface area contributed by atoms with E-state index < -0.39 is 0 Å². The van der Waals surface area contributed by atoms with Crippen molar-refractivity contribution in [2.45, 2.75) is 44.9 Å². The fourth-order valence-electron chi connectivity index (χ4n) is 4.71. The second-order valence-electron chi connectivity index (χ2n) is 8.75. The van der Waals surface area contributed by atoms with Crippen molar-refractivity contribution < 1.29 is 4.79 Å². The number of nitrogens with zero attached hydrogens (tertiary/aromatic N) is 1. The molecule has 0 radical (unpaired) electrons. The summed E-state index contributed by atoms with van der Waals surface area (Å²) in [5.74, 6) is 0.759. The zero-order valence-corrected chi connectivity index (χ0v) is 19.5. The van der Waals surface area contributed by atoms with E-state index >= 15 is 0 Å². The van der Waals surface area contributed by atoms with Crippen LogP contribution < -0.4 is 5.32 Å². The number of hydrogen-bond acceptors (Lipinski definition) is 2. The molecule has 0 aromatic heterocycles. The van der Waals surface area contributed by atoms with E-state index in [9.17, 15) is 4.79 Å². The van der Waals surface area contributed by atoms with Crippen molar-refractivity contribution in [2.75, 3.05) is 26.2 Å². The molecule has 3 heteroatoms. The van der Waals surface area contributed by atoms with Crippen LogP contribution in [0.3, 0.4) is 0 Å². The summed E-state index contributed by atoms with van der Waals surface area (Å²) in [5.41, 5.74) is 3.94. The molecular formula is C29H38N2O. The summed E-state index contributed by atoms with van der Waals surface area (Å²) in [6, 6.07) is 10.9. The molecule has 1 aliphatic carbocycles. The van der Waals surface area contributed by atoms with Gasteiger partial charge in [-0.3, -0.25) is 4.79 Å². The van der Waals surface area contributed by atoms with E-state index in [1.165, 1.54) is 11.1 Å². The van der Waals surface area contributed by atoms with Crippen molar-refractivity contribution >= 4 is 5.91 Å². The zero-order valence-electron chi connectivity index (χ0n) is 19.5. The molecule has 1 heterocycles. The van der Waals surface area contributed by atoms with Gasteiger partial charge in [0.05, 0.1) is 0 Å². The van der Waals surface area contributed by atoms with Crippen LogP contribution in [0, 0.1) is 5.92 Å². The summed E-state index contributed by atoms with van der Waals surface area (Å²) < 4.78 is 0. The molecule has 1 aromatic rings. The quantitative estimate of drug-likeness (QED) is 0.465. The fraction of sp³-hybridized carbons (Fsp3) is 0.414. The van der Waals surface area contributed by atoms with Crippen LogP contribution in [-0.2, 0) is 4.79 Å². The van der Waals surface area contributed by atoms with Crippen LogP contribution in [0.2, 0.25) is 0 Å². The van der Waals surface area contributed by atoms with Crippen molar-refractivity contribution in [1.82, 2.24) is 10.2 Å². The van der Waals surface area contributed by atoms with E-state index in [4.69, 9.17) is 0 Å². The van der Waals surface area contributed by atoms with Crippen LogP contribution in [0.25, 0.3) is 0 Å². The van der Waals surface area contributed by atoms with Crippen LogP contribution >= 0.6 is 0 Å². The number of allylic oxidation sites excluding steroid dienone is 7. The minimum Gasteiger partial charge on any atom is -0.352 e. The largest absolute Gasteiger partial charge is 0.352 e. The Hall–Kier alpha value is -2.65. The van der Waals surface area contributed by atoms with Crippen LogP contribution in [-0.4, -0.2) is 37.0 Å². The number of amides is 1. The Morgan fingerprint density at radius 3 is 2.66 bits per heavy atom. The highest BCUT2D eigenvalue weighted by atomic mass is 16.1. The van der Waals surface area contributed by atoms with E-state index in [-0.39, 0.29) is 11.8 Å². The predicted octanol–water partition coefficient (Wildman–Crippen LogP) is 5.95. The standard InChI is InChI=1S/C29H38N2O/c1-3-11-24(12-4-2)23-30-29(32)27-17-20-31(21-18-27)22-19-28(25-13-7-5-8-14-25)26-15-9-6-10-16-26/h3-5,7-9,11-16,27-28H,1,6,10,17-23H2,2H3,(H,30,32)/b12-4-,24-11+. The molecule has 2 aliphatic rings. The number of likely N-dealkylation sites (tertiary alicyclic amines) is 1. The lowest BCUT2D eigenvalue weighted by Crippen LogP contribution is -2.41. The molecule has 3 rings (SSSR count). The summed E-state index contributed by atoms with van der Waals surface area (Å²) in [4.78, 5) is 15.2. The van der Waals surface area contributed by atoms with Crippen molar-refractivity contribution in [3.63, 3.8) is 0 Å². The predicted molar refractivity (Wildman–Crippen MR) is 136 cm³/mol. The van der Waals surface area contributed by atoms with Gasteiger partial charge in [0.2, 0.25) is 5.91 Å². The summed E-state index contributed by atoms with van der Waals surface area (Å²) >= 11 is 0. The Balaban J connectivity index is 1.49. The van der Waals surface area contributed by atoms with E-state index in [1.54, 1.807) is 6.08 Å². The molecule has 0 spiro atoms. The molecule has 0 saturated carbocycles. The van der Waals surface area contributed by atoms with Gasteiger partial charge >= 0.3 is 0 Å². The van der Waals surface area contributed by atoms with Crippen molar-refractivity contribution in [2.24, 2.45) is 5.92 Å². The topological polar surface area (TPSA) is 32.3 Å². The molecule has 1 aliphatic heterocycles. The highest BCUT2D eigenvalue weighted by Crippen LogP contribution is 2.32. The fourth-order valence-corrected chi connectivity index (χ4v) is 4.71. The van der Waals surface area contributed by atoms with Gasteiger partial charge in [-0.1, -0.05) is 79.4 Å². The lowest BCUT2D eigenvalue weighted by atomic mass is 9.85. The van der Waals surface area contributed by atoms with Gasteiger partial charge in [0.15, 0.2) is 0 Å². The maximum Gasteiger partial charge on any atom is 0.223 e. The third-order valence-corrected chi connectivity index (χ3v) is 6.50. The van der Waals surface area contributed by atoms with Gasteiger partial charge in [-0.05, 0) is 75.4 Å². The van der Waals surface area contributed by atoms with Crippen LogP contribution in [0.15, 0.2) is 90.6 Å². The Kier molecular flexibility index (Phi) is 9.77. The Bertz CT molecular complexity index is 854. The van der Waals surface area contributed by atoms with Crippen molar-refractivity contribution in [1.29, 1.82) is 0 Å². The summed E-state index contributed by atoms with van der Waals surface area (Å²) in [7, 11) is 0. The second-order valence-corrected chi connectivity index (χ2v) is 8.75. The Labute approximate surface area is 194 Å². The number of rotatable bonds is 10. The number of carbonyl (C=O) groups excluding carboxylic acids is 1. The van der Waals surface area contributed by atoms with Crippen molar-refractivity contribution in [3.05, 3.63) is 96.2 Å². The monoisotopic (exact) mass is 430 g/mol. The lowest BCUT2D eigenvalue weighted by molar-refractivity contribution is -0.126. The molecule has 1 amide bonds. The summed E-state index contributed by atoms with van der Waals surface area (Å²) in [6.07, 6.45) is 20.1. The van der Waals surface area contributed by atoms with Crippen molar-refractivity contribution in [3.8, 4) is 0 Å². The smallest absolute Gasteiger partial charge is 0.223 e. The third kappa shape index (κ3) is 7.20. The minimum absolute atomic E-state index is 0.121. The van der Waals surface area contributed by atoms with E-state index in [2.05, 4.69) is 65.4 Å². The molecule has 32 heavy (non-hydrogen) atoms. The van der Waals surface area contributed by atoms with Crippen LogP contribution in [0.1, 0.15) is 50.5 Å². The molecule has 170 valence electrons. The maximum atomic E-state index is 12.7. The highest BCUT2D eigenvalue weighted by Gasteiger charge is 2.25. The molecule has 1 aromatic carbocycles. The maximum absolute atomic E-state index is 12.7. The Morgan fingerprint density at radius 1 is 1.22 bits per heavy atom. The van der Waals surface area contributed by atoms with Crippen LogP contribution in [0.4, 0.5) is 0 Å². The van der Waals surface area contributed by atoms with Gasteiger partial charge in [0.25, 0.3) is 0 Å². The lowest BCUT2D eigenvalue weighted by Gasteiger charge is -2.32. The molecule has 1 saturated heterocycles. The highest BCUT2D eigenvalue weighted by molar-refractivity contribution is 5.79. The van der Waals surface area contributed by atoms with Crippen LogP contribution in [0.5, 0.6) is 0 Å². The average molecular weight is 431 g/mol. The van der Waals surface area contributed by atoms with Gasteiger partial charge in [-0.25, -0.2) is 0 Å². The number of carbonyl (C=O) groups is 1. The molecule has 3 nitrogen and oxygen atoms in total. The SMILES string of the molecule is C=C/C=C(\C=C/C)CNC(=O)C1CCN(CCC(C2=CCCC=C2)c2ccccc2)CC1. The molecule has 1 fully saturated rings. The first-order chi connectivity index (χ1) is 15.7. The number of nitrogens with one attached hydrogen (secondary N) is 1. The molecule has 1 N–H and O–H groups in total. The van der Waals surface area contributed by atoms with E-state index in [0.29, 0.717) is 12.5 Å². The van der Waals surface area contributed by atoms with Gasteiger partial charge < -0.3 is 10.2 Å². The zero-order chi connectivity index (χ0) is 22.6. The van der Waals surface area contributed by atoms with Gasteiger partial charge in [-0.2, -0.15) is 0 Å². The molecule has 1 atom stereocenters. The number of benzene rings is 1. The number of piperidine rings is 1. The number of hydrogen-bond donors (Lipinski definition) is 1. The van der Waals surface area contributed by atoms with Gasteiger partial charge in [0, 0.05) is 18.4 Å². The van der Waals surface area contributed by atoms with E-state index in [0.717, 1.165) is 57.3 Å². The van der Waals surface area contributed by atoms with Gasteiger partial charge in [0.1, 0.15) is 0 Å². The first-order valence-electron chi connectivity index (χ1n) is 12.1. The molecule has 1 unspecified atom stereocenters. The summed E-state index contributed by atoms with van der Waals surface area (Å²) in [6.45, 7) is 9.37. The molecule has 0 bridgehead atoms. The molecular weight excluding hydrogens is 392 g/mol. The Morgan fingerprint density at radius 2 is 2.00 bits per heavy atom. The normalized spacial score (nSPS) is 19.0.